The first-order valence-electron chi connectivity index (χ1n) is 9.79. The van der Waals surface area contributed by atoms with Crippen molar-refractivity contribution in [1.29, 1.82) is 0 Å². The number of halogens is 1. The number of nitrogens with zero attached hydrogens (tertiary/aromatic N) is 3. The van der Waals surface area contributed by atoms with Crippen LogP contribution in [0.25, 0.3) is 11.4 Å². The lowest BCUT2D eigenvalue weighted by Crippen LogP contribution is -2.32. The van der Waals surface area contributed by atoms with Crippen molar-refractivity contribution in [3.63, 3.8) is 0 Å². The zero-order valence-corrected chi connectivity index (χ0v) is 17.6. The molecule has 1 saturated carbocycles. The summed E-state index contributed by atoms with van der Waals surface area (Å²) in [6.07, 6.45) is 1.78. The van der Waals surface area contributed by atoms with Gasteiger partial charge in [0.25, 0.3) is 0 Å². The maximum Gasteiger partial charge on any atom is 0.346 e. The Morgan fingerprint density at radius 2 is 1.83 bits per heavy atom. The van der Waals surface area contributed by atoms with Gasteiger partial charge in [-0.15, -0.1) is 5.10 Å². The van der Waals surface area contributed by atoms with Gasteiger partial charge in [0.1, 0.15) is 5.82 Å². The first-order valence-corrected chi connectivity index (χ1v) is 11.3. The average Bonchev–Trinajstić information content (AvgIpc) is 3.49. The number of benzene rings is 2. The molecule has 7 nitrogen and oxygen atoms in total. The van der Waals surface area contributed by atoms with Crippen molar-refractivity contribution in [3.8, 4) is 11.4 Å². The summed E-state index contributed by atoms with van der Waals surface area (Å²) in [4.78, 5) is 13.1. The molecule has 0 bridgehead atoms. The lowest BCUT2D eigenvalue weighted by atomic mass is 10.1. The van der Waals surface area contributed by atoms with Crippen molar-refractivity contribution in [2.24, 2.45) is 0 Å². The molecule has 2 aromatic carbocycles. The molecular weight excluding hydrogens is 407 g/mol. The average molecular weight is 431 g/mol. The molecule has 1 heterocycles. The van der Waals surface area contributed by atoms with Crippen LogP contribution in [0.1, 0.15) is 30.0 Å². The Bertz CT molecular complexity index is 1240. The Morgan fingerprint density at radius 1 is 1.13 bits per heavy atom. The van der Waals surface area contributed by atoms with E-state index in [0.717, 1.165) is 18.4 Å². The third-order valence-electron chi connectivity index (χ3n) is 5.35. The predicted molar refractivity (Wildman–Crippen MR) is 111 cm³/mol. The van der Waals surface area contributed by atoms with Crippen LogP contribution in [0, 0.1) is 19.7 Å². The van der Waals surface area contributed by atoms with E-state index in [1.165, 1.54) is 16.8 Å². The van der Waals surface area contributed by atoms with E-state index in [9.17, 15) is 17.6 Å². The Labute approximate surface area is 174 Å². The number of sulfonamides is 1. The highest BCUT2D eigenvalue weighted by molar-refractivity contribution is 7.89. The zero-order chi connectivity index (χ0) is 21.5. The van der Waals surface area contributed by atoms with E-state index < -0.39 is 10.0 Å². The second kappa shape index (κ2) is 7.81. The van der Waals surface area contributed by atoms with Crippen molar-refractivity contribution >= 4 is 10.0 Å². The summed E-state index contributed by atoms with van der Waals surface area (Å²) in [7, 11) is -3.70. The summed E-state index contributed by atoms with van der Waals surface area (Å²) in [6, 6.07) is 11.0. The molecule has 1 aliphatic rings. The Kier molecular flexibility index (Phi) is 5.33. The highest BCUT2D eigenvalue weighted by Gasteiger charge is 2.30. The largest absolute Gasteiger partial charge is 0.346 e. The SMILES string of the molecule is Cc1cccc(S(=O)(=O)NCCn2nc(-c3ccc(F)cc3)n(C3CC3)c2=O)c1C. The van der Waals surface area contributed by atoms with E-state index in [1.54, 1.807) is 35.8 Å². The standard InChI is InChI=1S/C21H23FN4O3S/c1-14-4-3-5-19(15(14)2)30(28,29)23-12-13-25-21(27)26(18-10-11-18)20(24-25)16-6-8-17(22)9-7-16/h3-9,18,23H,10-13H2,1-2H3. The minimum Gasteiger partial charge on any atom is -0.272 e. The molecule has 0 saturated heterocycles. The van der Waals surface area contributed by atoms with Gasteiger partial charge in [0.05, 0.1) is 11.4 Å². The molecule has 0 radical (unpaired) electrons. The molecule has 1 N–H and O–H groups in total. The van der Waals surface area contributed by atoms with E-state index in [1.807, 2.05) is 13.0 Å². The Balaban J connectivity index is 1.55. The van der Waals surface area contributed by atoms with Crippen molar-refractivity contribution in [1.82, 2.24) is 19.1 Å². The first kappa shape index (κ1) is 20.5. The van der Waals surface area contributed by atoms with Gasteiger partial charge in [-0.05, 0) is 68.1 Å². The summed E-state index contributed by atoms with van der Waals surface area (Å²) >= 11 is 0. The fourth-order valence-corrected chi connectivity index (χ4v) is 4.74. The number of rotatable bonds is 7. The molecule has 9 heteroatoms. The predicted octanol–water partition coefficient (Wildman–Crippen LogP) is 2.78. The van der Waals surface area contributed by atoms with Gasteiger partial charge >= 0.3 is 5.69 Å². The van der Waals surface area contributed by atoms with Crippen LogP contribution in [0.3, 0.4) is 0 Å². The Morgan fingerprint density at radius 3 is 2.50 bits per heavy atom. The maximum absolute atomic E-state index is 13.3. The second-order valence-corrected chi connectivity index (χ2v) is 9.27. The number of hydrogen-bond acceptors (Lipinski definition) is 4. The molecule has 158 valence electrons. The minimum atomic E-state index is -3.70. The highest BCUT2D eigenvalue weighted by atomic mass is 32.2. The third kappa shape index (κ3) is 3.95. The van der Waals surface area contributed by atoms with Crippen molar-refractivity contribution < 1.29 is 12.8 Å². The van der Waals surface area contributed by atoms with E-state index >= 15 is 0 Å². The molecule has 0 amide bonds. The fourth-order valence-electron chi connectivity index (χ4n) is 3.40. The van der Waals surface area contributed by atoms with Crippen LogP contribution in [-0.2, 0) is 16.6 Å². The number of hydrogen-bond donors (Lipinski definition) is 1. The molecule has 1 aromatic heterocycles. The summed E-state index contributed by atoms with van der Waals surface area (Å²) in [6.45, 7) is 3.74. The van der Waals surface area contributed by atoms with Crippen molar-refractivity contribution in [3.05, 3.63) is 69.9 Å². The molecular formula is C21H23FN4O3S. The summed E-state index contributed by atoms with van der Waals surface area (Å²) in [5.74, 6) is 0.110. The van der Waals surface area contributed by atoms with E-state index in [0.29, 0.717) is 17.0 Å². The van der Waals surface area contributed by atoms with Crippen molar-refractivity contribution in [2.75, 3.05) is 6.54 Å². The number of aromatic nitrogens is 3. The first-order chi connectivity index (χ1) is 14.3. The van der Waals surface area contributed by atoms with Crippen LogP contribution in [-0.4, -0.2) is 29.3 Å². The Hall–Kier alpha value is -2.78. The van der Waals surface area contributed by atoms with Gasteiger partial charge in [-0.2, -0.15) is 0 Å². The molecule has 0 aliphatic heterocycles. The number of aryl methyl sites for hydroxylation is 1. The van der Waals surface area contributed by atoms with Gasteiger partial charge in [-0.1, -0.05) is 12.1 Å². The topological polar surface area (TPSA) is 86.0 Å². The lowest BCUT2D eigenvalue weighted by molar-refractivity contribution is 0.546. The summed E-state index contributed by atoms with van der Waals surface area (Å²) in [5.41, 5.74) is 1.94. The number of nitrogens with one attached hydrogen (secondary N) is 1. The second-order valence-electron chi connectivity index (χ2n) is 7.53. The van der Waals surface area contributed by atoms with Crippen molar-refractivity contribution in [2.45, 2.75) is 44.2 Å². The molecule has 0 spiro atoms. The fraction of sp³-hybridized carbons (Fsp3) is 0.333. The van der Waals surface area contributed by atoms with Crippen LogP contribution >= 0.6 is 0 Å². The third-order valence-corrected chi connectivity index (χ3v) is 6.95. The monoisotopic (exact) mass is 430 g/mol. The molecule has 0 unspecified atom stereocenters. The van der Waals surface area contributed by atoms with Gasteiger partial charge in [-0.3, -0.25) is 4.57 Å². The molecule has 0 atom stereocenters. The van der Waals surface area contributed by atoms with Gasteiger partial charge in [-0.25, -0.2) is 27.0 Å². The summed E-state index contributed by atoms with van der Waals surface area (Å²) in [5, 5.41) is 4.40. The molecule has 1 fully saturated rings. The van der Waals surface area contributed by atoms with Gasteiger partial charge < -0.3 is 0 Å². The van der Waals surface area contributed by atoms with E-state index in [2.05, 4.69) is 9.82 Å². The summed E-state index contributed by atoms with van der Waals surface area (Å²) < 4.78 is 44.0. The van der Waals surface area contributed by atoms with Crippen LogP contribution in [0.5, 0.6) is 0 Å². The molecule has 4 rings (SSSR count). The quantitative estimate of drug-likeness (QED) is 0.625. The molecule has 30 heavy (non-hydrogen) atoms. The molecule has 3 aromatic rings. The minimum absolute atomic E-state index is 0.0279. The van der Waals surface area contributed by atoms with Crippen LogP contribution in [0.2, 0.25) is 0 Å². The van der Waals surface area contributed by atoms with Crippen LogP contribution in [0.15, 0.2) is 52.2 Å². The smallest absolute Gasteiger partial charge is 0.272 e. The highest BCUT2D eigenvalue weighted by Crippen LogP contribution is 2.36. The zero-order valence-electron chi connectivity index (χ0n) is 16.8. The van der Waals surface area contributed by atoms with E-state index in [4.69, 9.17) is 0 Å². The van der Waals surface area contributed by atoms with Crippen LogP contribution in [0.4, 0.5) is 4.39 Å². The normalized spacial score (nSPS) is 14.2. The van der Waals surface area contributed by atoms with Gasteiger partial charge in [0, 0.05) is 18.2 Å². The lowest BCUT2D eigenvalue weighted by Gasteiger charge is -2.10. The van der Waals surface area contributed by atoms with Gasteiger partial charge in [0.2, 0.25) is 10.0 Å². The molecule has 1 aliphatic carbocycles. The maximum atomic E-state index is 13.3. The van der Waals surface area contributed by atoms with E-state index in [-0.39, 0.29) is 35.5 Å². The van der Waals surface area contributed by atoms with Crippen LogP contribution < -0.4 is 10.4 Å². The van der Waals surface area contributed by atoms with Gasteiger partial charge in [0.15, 0.2) is 5.82 Å².